The van der Waals surface area contributed by atoms with Crippen LogP contribution in [0.1, 0.15) is 24.0 Å². The van der Waals surface area contributed by atoms with Crippen LogP contribution in [0.25, 0.3) is 0 Å². The number of hydrogen-bond donors (Lipinski definition) is 1. The van der Waals surface area contributed by atoms with Crippen molar-refractivity contribution in [2.75, 3.05) is 11.3 Å². The molecular weight excluding hydrogens is 344 g/mol. The number of nitro benzene ring substituents is 1. The minimum atomic E-state index is -3.97. The van der Waals surface area contributed by atoms with Gasteiger partial charge in [-0.2, -0.15) is 0 Å². The first kappa shape index (κ1) is 15.8. The van der Waals surface area contributed by atoms with Gasteiger partial charge in [0.15, 0.2) is 0 Å². The lowest BCUT2D eigenvalue weighted by molar-refractivity contribution is -0.385. The molecule has 0 bridgehead atoms. The molecule has 122 valence electrons. The van der Waals surface area contributed by atoms with Crippen LogP contribution in [0.2, 0.25) is 0 Å². The van der Waals surface area contributed by atoms with E-state index in [9.17, 15) is 18.5 Å². The van der Waals surface area contributed by atoms with Gasteiger partial charge in [0.05, 0.1) is 9.82 Å². The molecule has 9 nitrogen and oxygen atoms in total. The van der Waals surface area contributed by atoms with Gasteiger partial charge < -0.3 is 4.74 Å². The number of sulfonamides is 1. The number of ether oxygens (including phenoxy) is 1. The van der Waals surface area contributed by atoms with Gasteiger partial charge in [0.1, 0.15) is 11.1 Å². The summed E-state index contributed by atoms with van der Waals surface area (Å²) < 4.78 is 32.3. The van der Waals surface area contributed by atoms with Crippen molar-refractivity contribution in [3.05, 3.63) is 39.4 Å². The summed E-state index contributed by atoms with van der Waals surface area (Å²) in [5.41, 5.74) is -0.301. The zero-order chi connectivity index (χ0) is 16.4. The molecule has 0 spiro atoms. The van der Waals surface area contributed by atoms with Gasteiger partial charge in [-0.3, -0.25) is 14.8 Å². The monoisotopic (exact) mass is 356 g/mol. The molecule has 3 rings (SSSR count). The van der Waals surface area contributed by atoms with E-state index < -0.39 is 14.9 Å². The second-order valence-electron chi connectivity index (χ2n) is 4.81. The van der Waals surface area contributed by atoms with Crippen LogP contribution in [-0.4, -0.2) is 30.1 Å². The molecule has 1 aliphatic heterocycles. The number of benzene rings is 1. The zero-order valence-corrected chi connectivity index (χ0v) is 13.3. The fourth-order valence-corrected chi connectivity index (χ4v) is 4.21. The molecule has 1 aromatic carbocycles. The summed E-state index contributed by atoms with van der Waals surface area (Å²) in [6, 6.07) is 4.80. The first-order chi connectivity index (χ1) is 11.0. The van der Waals surface area contributed by atoms with Crippen molar-refractivity contribution in [2.45, 2.75) is 23.8 Å². The van der Waals surface area contributed by atoms with Gasteiger partial charge in [0.2, 0.25) is 5.13 Å². The zero-order valence-electron chi connectivity index (χ0n) is 11.7. The average Bonchev–Trinajstić information content (AvgIpc) is 3.18. The molecule has 1 N–H and O–H groups in total. The molecule has 1 fully saturated rings. The van der Waals surface area contributed by atoms with E-state index in [0.717, 1.165) is 30.2 Å². The van der Waals surface area contributed by atoms with Gasteiger partial charge >= 0.3 is 0 Å². The highest BCUT2D eigenvalue weighted by Crippen LogP contribution is 2.32. The van der Waals surface area contributed by atoms with Gasteiger partial charge in [-0.1, -0.05) is 17.4 Å². The molecule has 23 heavy (non-hydrogen) atoms. The molecule has 2 heterocycles. The highest BCUT2D eigenvalue weighted by Gasteiger charge is 2.24. The Morgan fingerprint density at radius 2 is 2.22 bits per heavy atom. The topological polar surface area (TPSA) is 124 Å². The summed E-state index contributed by atoms with van der Waals surface area (Å²) in [6.45, 7) is 0.652. The number of anilines is 1. The molecule has 0 aliphatic carbocycles. The first-order valence-electron chi connectivity index (χ1n) is 6.68. The van der Waals surface area contributed by atoms with Gasteiger partial charge in [0, 0.05) is 18.7 Å². The number of nitrogens with zero attached hydrogens (tertiary/aromatic N) is 3. The normalized spacial score (nSPS) is 18.0. The summed E-state index contributed by atoms with van der Waals surface area (Å²) in [7, 11) is -3.97. The Balaban J connectivity index is 1.81. The van der Waals surface area contributed by atoms with Crippen molar-refractivity contribution in [2.24, 2.45) is 0 Å². The van der Waals surface area contributed by atoms with Crippen molar-refractivity contribution >= 4 is 32.2 Å². The van der Waals surface area contributed by atoms with Gasteiger partial charge in [-0.15, -0.1) is 10.2 Å². The lowest BCUT2D eigenvalue weighted by Crippen LogP contribution is -2.13. The van der Waals surface area contributed by atoms with Crippen LogP contribution in [0.15, 0.2) is 29.2 Å². The molecule has 2 aromatic rings. The summed E-state index contributed by atoms with van der Waals surface area (Å²) in [4.78, 5) is 9.88. The molecule has 0 radical (unpaired) electrons. The number of non-ortho nitro benzene ring substituents is 1. The van der Waals surface area contributed by atoms with Gasteiger partial charge in [-0.05, 0) is 18.9 Å². The first-order valence-corrected chi connectivity index (χ1v) is 8.98. The third-order valence-corrected chi connectivity index (χ3v) is 5.60. The molecule has 11 heteroatoms. The van der Waals surface area contributed by atoms with Crippen molar-refractivity contribution < 1.29 is 18.1 Å². The van der Waals surface area contributed by atoms with Crippen molar-refractivity contribution in [1.29, 1.82) is 0 Å². The number of hydrogen-bond acceptors (Lipinski definition) is 8. The van der Waals surface area contributed by atoms with E-state index in [1.54, 1.807) is 0 Å². The maximum absolute atomic E-state index is 12.3. The van der Waals surface area contributed by atoms with Crippen LogP contribution in [0, 0.1) is 10.1 Å². The Morgan fingerprint density at radius 1 is 1.39 bits per heavy atom. The third kappa shape index (κ3) is 3.46. The lowest BCUT2D eigenvalue weighted by atomic mass is 10.2. The standard InChI is InChI=1S/C12H12N4O5S2/c17-16(18)8-3-1-4-9(7-8)23(19,20)15-12-14-13-11(22-12)10-5-2-6-21-10/h1,3-4,7,10H,2,5-6H2,(H,14,15). The molecule has 1 unspecified atom stereocenters. The molecule has 0 saturated carbocycles. The second-order valence-corrected chi connectivity index (χ2v) is 7.50. The van der Waals surface area contributed by atoms with Crippen LogP contribution >= 0.6 is 11.3 Å². The predicted octanol–water partition coefficient (Wildman–Crippen LogP) is 2.10. The van der Waals surface area contributed by atoms with E-state index in [2.05, 4.69) is 14.9 Å². The Hall–Kier alpha value is -2.11. The summed E-state index contributed by atoms with van der Waals surface area (Å²) in [5, 5.41) is 19.2. The van der Waals surface area contributed by atoms with Crippen molar-refractivity contribution in [3.8, 4) is 0 Å². The van der Waals surface area contributed by atoms with Gasteiger partial charge in [0.25, 0.3) is 15.7 Å². The number of nitro groups is 1. The van der Waals surface area contributed by atoms with Crippen LogP contribution < -0.4 is 4.72 Å². The minimum Gasteiger partial charge on any atom is -0.371 e. The fourth-order valence-electron chi connectivity index (χ4n) is 2.12. The molecule has 1 aromatic heterocycles. The largest absolute Gasteiger partial charge is 0.371 e. The number of nitrogens with one attached hydrogen (secondary N) is 1. The highest BCUT2D eigenvalue weighted by molar-refractivity contribution is 7.93. The molecule has 1 aliphatic rings. The quantitative estimate of drug-likeness (QED) is 0.642. The van der Waals surface area contributed by atoms with E-state index in [1.165, 1.54) is 18.2 Å². The van der Waals surface area contributed by atoms with E-state index in [1.807, 2.05) is 0 Å². The minimum absolute atomic E-state index is 0.0991. The summed E-state index contributed by atoms with van der Waals surface area (Å²) in [5.74, 6) is 0. The summed E-state index contributed by atoms with van der Waals surface area (Å²) >= 11 is 1.09. The van der Waals surface area contributed by atoms with Gasteiger partial charge in [-0.25, -0.2) is 8.42 Å². The van der Waals surface area contributed by atoms with E-state index in [0.29, 0.717) is 11.6 Å². The summed E-state index contributed by atoms with van der Waals surface area (Å²) in [6.07, 6.45) is 1.61. The molecule has 1 atom stereocenters. The van der Waals surface area contributed by atoms with E-state index >= 15 is 0 Å². The molecular formula is C12H12N4O5S2. The molecule has 0 amide bonds. The number of rotatable bonds is 5. The van der Waals surface area contributed by atoms with Crippen LogP contribution in [0.4, 0.5) is 10.8 Å². The average molecular weight is 356 g/mol. The molecule has 1 saturated heterocycles. The maximum atomic E-state index is 12.3. The fraction of sp³-hybridized carbons (Fsp3) is 0.333. The SMILES string of the molecule is O=[N+]([O-])c1cccc(S(=O)(=O)Nc2nnc(C3CCCO3)s2)c1. The van der Waals surface area contributed by atoms with E-state index in [-0.39, 0.29) is 21.8 Å². The maximum Gasteiger partial charge on any atom is 0.270 e. The second kappa shape index (κ2) is 6.18. The Bertz CT molecular complexity index is 829. The Kier molecular flexibility index (Phi) is 4.24. The lowest BCUT2D eigenvalue weighted by Gasteiger charge is -2.04. The predicted molar refractivity (Wildman–Crippen MR) is 81.7 cm³/mol. The number of aromatic nitrogens is 2. The van der Waals surface area contributed by atoms with Crippen LogP contribution in [0.5, 0.6) is 0 Å². The van der Waals surface area contributed by atoms with Crippen LogP contribution in [-0.2, 0) is 14.8 Å². The third-order valence-electron chi connectivity index (χ3n) is 3.21. The van der Waals surface area contributed by atoms with Crippen molar-refractivity contribution in [3.63, 3.8) is 0 Å². The Morgan fingerprint density at radius 3 is 2.91 bits per heavy atom. The van der Waals surface area contributed by atoms with E-state index in [4.69, 9.17) is 4.74 Å². The highest BCUT2D eigenvalue weighted by atomic mass is 32.2. The van der Waals surface area contributed by atoms with Crippen molar-refractivity contribution in [1.82, 2.24) is 10.2 Å². The Labute approximate surface area is 135 Å². The smallest absolute Gasteiger partial charge is 0.270 e. The van der Waals surface area contributed by atoms with Crippen LogP contribution in [0.3, 0.4) is 0 Å².